The quantitative estimate of drug-likeness (QED) is 0.783. The van der Waals surface area contributed by atoms with Gasteiger partial charge < -0.3 is 5.32 Å². The number of sulfonamides is 1. The van der Waals surface area contributed by atoms with Crippen LogP contribution in [0.15, 0.2) is 30.9 Å². The maximum atomic E-state index is 12.9. The van der Waals surface area contributed by atoms with Gasteiger partial charge in [-0.2, -0.15) is 17.5 Å². The molecule has 0 saturated heterocycles. The number of nitrogens with zero attached hydrogens (tertiary/aromatic N) is 1. The average Bonchev–Trinajstić information content (AvgIpc) is 2.38. The highest BCUT2D eigenvalue weighted by molar-refractivity contribution is 7.88. The van der Waals surface area contributed by atoms with Gasteiger partial charge in [0.1, 0.15) is 0 Å². The summed E-state index contributed by atoms with van der Waals surface area (Å²) in [7, 11) is -3.70. The first-order chi connectivity index (χ1) is 10.4. The molecular weight excluding hydrogens is 357 g/mol. The van der Waals surface area contributed by atoms with Crippen LogP contribution in [0.25, 0.3) is 0 Å². The van der Waals surface area contributed by atoms with Crippen molar-refractivity contribution in [2.24, 2.45) is 0 Å². The van der Waals surface area contributed by atoms with E-state index in [2.05, 4.69) is 6.58 Å². The van der Waals surface area contributed by atoms with Crippen LogP contribution in [-0.2, 0) is 21.0 Å². The Bertz CT molecular complexity index is 705. The monoisotopic (exact) mass is 370 g/mol. The molecule has 5 nitrogen and oxygen atoms in total. The van der Waals surface area contributed by atoms with E-state index < -0.39 is 39.9 Å². The molecule has 0 spiro atoms. The molecule has 1 amide bonds. The van der Waals surface area contributed by atoms with Gasteiger partial charge in [-0.05, 0) is 18.2 Å². The second-order valence-electron chi connectivity index (χ2n) is 4.58. The minimum absolute atomic E-state index is 0.139. The first kappa shape index (κ1) is 19.5. The smallest absolute Gasteiger partial charge is 0.324 e. The summed E-state index contributed by atoms with van der Waals surface area (Å²) < 4.78 is 62.5. The lowest BCUT2D eigenvalue weighted by atomic mass is 10.1. The van der Waals surface area contributed by atoms with E-state index in [0.717, 1.165) is 16.6 Å². The van der Waals surface area contributed by atoms with E-state index >= 15 is 0 Å². The molecule has 0 aliphatic carbocycles. The normalized spacial score (nSPS) is 12.3. The third-order valence-electron chi connectivity index (χ3n) is 2.68. The number of hydrogen-bond acceptors (Lipinski definition) is 3. The number of alkyl halides is 3. The van der Waals surface area contributed by atoms with Crippen LogP contribution in [0.5, 0.6) is 0 Å². The van der Waals surface area contributed by atoms with Crippen LogP contribution in [0.2, 0.25) is 5.02 Å². The molecule has 0 bridgehead atoms. The molecule has 0 aliphatic rings. The van der Waals surface area contributed by atoms with E-state index in [9.17, 15) is 26.4 Å². The first-order valence-corrected chi connectivity index (χ1v) is 8.40. The number of carbonyl (C=O) groups is 1. The highest BCUT2D eigenvalue weighted by Gasteiger charge is 2.34. The van der Waals surface area contributed by atoms with Crippen molar-refractivity contribution in [3.63, 3.8) is 0 Å². The third-order valence-corrected chi connectivity index (χ3v) is 4.13. The predicted octanol–water partition coefficient (Wildman–Crippen LogP) is 2.74. The second-order valence-corrected chi connectivity index (χ2v) is 7.00. The molecule has 0 heterocycles. The van der Waals surface area contributed by atoms with Gasteiger partial charge >= 0.3 is 6.18 Å². The third kappa shape index (κ3) is 5.85. The molecule has 0 unspecified atom stereocenters. The van der Waals surface area contributed by atoms with Crippen LogP contribution in [0.1, 0.15) is 5.56 Å². The van der Waals surface area contributed by atoms with Gasteiger partial charge in [-0.25, -0.2) is 8.42 Å². The molecular formula is C13H14ClF3N2O3S. The molecule has 10 heteroatoms. The van der Waals surface area contributed by atoms with Crippen molar-refractivity contribution in [3.05, 3.63) is 41.4 Å². The van der Waals surface area contributed by atoms with Crippen LogP contribution in [0.4, 0.5) is 18.9 Å². The Balaban J connectivity index is 3.00. The Hall–Kier alpha value is -1.58. The Morgan fingerprint density at radius 2 is 2.04 bits per heavy atom. The van der Waals surface area contributed by atoms with Crippen LogP contribution in [0, 0.1) is 0 Å². The topological polar surface area (TPSA) is 66.5 Å². The molecule has 0 aromatic heterocycles. The molecule has 1 rings (SSSR count). The van der Waals surface area contributed by atoms with E-state index in [1.54, 1.807) is 0 Å². The summed E-state index contributed by atoms with van der Waals surface area (Å²) in [5, 5.41) is 1.91. The summed E-state index contributed by atoms with van der Waals surface area (Å²) in [6.07, 6.45) is -2.57. The molecule has 0 radical (unpaired) electrons. The predicted molar refractivity (Wildman–Crippen MR) is 81.7 cm³/mol. The second kappa shape index (κ2) is 7.33. The number of carbonyl (C=O) groups excluding carboxylic acids is 1. The van der Waals surface area contributed by atoms with Gasteiger partial charge in [0.25, 0.3) is 0 Å². The van der Waals surface area contributed by atoms with E-state index in [-0.39, 0.29) is 11.6 Å². The zero-order valence-corrected chi connectivity index (χ0v) is 13.6. The standard InChI is InChI=1S/C13H14ClF3N2O3S/c1-3-6-19(23(2,21)22)8-12(20)18-11-5-4-9(14)7-10(11)13(15,16)17/h3-5,7H,1,6,8H2,2H3,(H,18,20). The Morgan fingerprint density at radius 1 is 1.43 bits per heavy atom. The average molecular weight is 371 g/mol. The van der Waals surface area contributed by atoms with Crippen LogP contribution < -0.4 is 5.32 Å². The lowest BCUT2D eigenvalue weighted by Crippen LogP contribution is -2.37. The summed E-state index contributed by atoms with van der Waals surface area (Å²) in [6.45, 7) is 2.59. The highest BCUT2D eigenvalue weighted by Crippen LogP contribution is 2.36. The highest BCUT2D eigenvalue weighted by atomic mass is 35.5. The van der Waals surface area contributed by atoms with Crippen molar-refractivity contribution in [1.82, 2.24) is 4.31 Å². The Kier molecular flexibility index (Phi) is 6.20. The minimum atomic E-state index is -4.72. The maximum Gasteiger partial charge on any atom is 0.418 e. The molecule has 0 aliphatic heterocycles. The fourth-order valence-corrected chi connectivity index (χ4v) is 2.57. The van der Waals surface area contributed by atoms with E-state index in [1.807, 2.05) is 5.32 Å². The largest absolute Gasteiger partial charge is 0.418 e. The van der Waals surface area contributed by atoms with Gasteiger partial charge in [0, 0.05) is 11.6 Å². The summed E-state index contributed by atoms with van der Waals surface area (Å²) in [5.74, 6) is -0.912. The van der Waals surface area contributed by atoms with Crippen LogP contribution >= 0.6 is 11.6 Å². The van der Waals surface area contributed by atoms with E-state index in [0.29, 0.717) is 6.07 Å². The van der Waals surface area contributed by atoms with Gasteiger partial charge in [0.15, 0.2) is 0 Å². The summed E-state index contributed by atoms with van der Waals surface area (Å²) >= 11 is 5.53. The van der Waals surface area contributed by atoms with Crippen molar-refractivity contribution >= 4 is 33.2 Å². The molecule has 23 heavy (non-hydrogen) atoms. The zero-order valence-electron chi connectivity index (χ0n) is 12.0. The van der Waals surface area contributed by atoms with Crippen molar-refractivity contribution in [3.8, 4) is 0 Å². The molecule has 1 aromatic rings. The molecule has 0 saturated carbocycles. The lowest BCUT2D eigenvalue weighted by molar-refractivity contribution is -0.137. The maximum absolute atomic E-state index is 12.9. The van der Waals surface area contributed by atoms with E-state index in [4.69, 9.17) is 11.6 Å². The van der Waals surface area contributed by atoms with Crippen molar-refractivity contribution in [2.75, 3.05) is 24.7 Å². The number of hydrogen-bond donors (Lipinski definition) is 1. The van der Waals surface area contributed by atoms with Crippen LogP contribution in [0.3, 0.4) is 0 Å². The fraction of sp³-hybridized carbons (Fsp3) is 0.308. The Morgan fingerprint density at radius 3 is 2.52 bits per heavy atom. The molecule has 0 fully saturated rings. The number of amides is 1. The van der Waals surface area contributed by atoms with E-state index in [1.165, 1.54) is 12.1 Å². The van der Waals surface area contributed by atoms with Crippen molar-refractivity contribution < 1.29 is 26.4 Å². The van der Waals surface area contributed by atoms with Crippen molar-refractivity contribution in [1.29, 1.82) is 0 Å². The molecule has 128 valence electrons. The zero-order chi connectivity index (χ0) is 17.8. The first-order valence-electron chi connectivity index (χ1n) is 6.17. The summed E-state index contributed by atoms with van der Waals surface area (Å²) in [4.78, 5) is 11.9. The summed E-state index contributed by atoms with van der Waals surface area (Å²) in [6, 6.07) is 2.86. The number of benzene rings is 1. The van der Waals surface area contributed by atoms with Gasteiger partial charge in [-0.3, -0.25) is 4.79 Å². The number of nitrogens with one attached hydrogen (secondary N) is 1. The van der Waals surface area contributed by atoms with Gasteiger partial charge in [0.2, 0.25) is 15.9 Å². The van der Waals surface area contributed by atoms with Gasteiger partial charge in [-0.15, -0.1) is 6.58 Å². The number of anilines is 1. The number of rotatable bonds is 6. The lowest BCUT2D eigenvalue weighted by Gasteiger charge is -2.19. The minimum Gasteiger partial charge on any atom is -0.324 e. The van der Waals surface area contributed by atoms with Crippen molar-refractivity contribution in [2.45, 2.75) is 6.18 Å². The molecule has 1 aromatic carbocycles. The summed E-state index contributed by atoms with van der Waals surface area (Å²) in [5.41, 5.74) is -1.62. The van der Waals surface area contributed by atoms with Gasteiger partial charge in [-0.1, -0.05) is 17.7 Å². The molecule has 0 atom stereocenters. The SMILES string of the molecule is C=CCN(CC(=O)Nc1ccc(Cl)cc1C(F)(F)F)S(C)(=O)=O. The Labute approximate surface area is 136 Å². The molecule has 1 N–H and O–H groups in total. The van der Waals surface area contributed by atoms with Crippen LogP contribution in [-0.4, -0.2) is 38.0 Å². The number of halogens is 4. The van der Waals surface area contributed by atoms with Gasteiger partial charge in [0.05, 0.1) is 24.1 Å². The fourth-order valence-electron chi connectivity index (χ4n) is 1.67.